The van der Waals surface area contributed by atoms with Gasteiger partial charge in [-0.15, -0.1) is 0 Å². The molecule has 0 unspecified atom stereocenters. The van der Waals surface area contributed by atoms with Crippen LogP contribution in [0.25, 0.3) is 6.08 Å². The highest BCUT2D eigenvalue weighted by molar-refractivity contribution is 5.92. The fraction of sp³-hybridized carbons (Fsp3) is 0.286. The molecule has 0 aromatic heterocycles. The van der Waals surface area contributed by atoms with Gasteiger partial charge in [0.05, 0.1) is 34.0 Å². The molecule has 0 aliphatic heterocycles. The molecule has 1 amide bonds. The summed E-state index contributed by atoms with van der Waals surface area (Å²) in [5, 5.41) is 2.86. The molecule has 0 fully saturated rings. The van der Waals surface area contributed by atoms with E-state index in [1.807, 2.05) is 36.4 Å². The van der Waals surface area contributed by atoms with Gasteiger partial charge in [-0.1, -0.05) is 12.1 Å². The first-order valence-corrected chi connectivity index (χ1v) is 8.50. The first kappa shape index (κ1) is 20.2. The number of carbonyl (C=O) groups excluding carboxylic acids is 1. The number of amides is 1. The van der Waals surface area contributed by atoms with Gasteiger partial charge in [0, 0.05) is 12.6 Å². The Hall–Kier alpha value is -3.15. The number of nitrogens with one attached hydrogen (secondary N) is 1. The topological polar surface area (TPSA) is 66.0 Å². The lowest BCUT2D eigenvalue weighted by Gasteiger charge is -2.10. The van der Waals surface area contributed by atoms with Crippen molar-refractivity contribution >= 4 is 12.0 Å². The molecule has 27 heavy (non-hydrogen) atoms. The molecular formula is C21H25NO5. The largest absolute Gasteiger partial charge is 0.496 e. The zero-order valence-corrected chi connectivity index (χ0v) is 16.1. The van der Waals surface area contributed by atoms with Crippen LogP contribution >= 0.6 is 0 Å². The minimum Gasteiger partial charge on any atom is -0.496 e. The van der Waals surface area contributed by atoms with Crippen molar-refractivity contribution in [1.29, 1.82) is 0 Å². The predicted octanol–water partition coefficient (Wildman–Crippen LogP) is 3.09. The lowest BCUT2D eigenvalue weighted by atomic mass is 10.1. The van der Waals surface area contributed by atoms with E-state index in [0.29, 0.717) is 36.0 Å². The molecule has 1 N–H and O–H groups in total. The van der Waals surface area contributed by atoms with E-state index in [4.69, 9.17) is 18.9 Å². The highest BCUT2D eigenvalue weighted by atomic mass is 16.5. The van der Waals surface area contributed by atoms with E-state index in [1.54, 1.807) is 34.5 Å². The Kier molecular flexibility index (Phi) is 7.55. The average molecular weight is 371 g/mol. The van der Waals surface area contributed by atoms with E-state index in [2.05, 4.69) is 5.32 Å². The number of hydrogen-bond donors (Lipinski definition) is 1. The van der Waals surface area contributed by atoms with Crippen molar-refractivity contribution in [2.75, 3.05) is 35.0 Å². The van der Waals surface area contributed by atoms with Gasteiger partial charge in [-0.05, 0) is 42.3 Å². The maximum atomic E-state index is 12.1. The molecule has 0 aliphatic carbocycles. The van der Waals surface area contributed by atoms with Gasteiger partial charge in [0.25, 0.3) is 0 Å². The van der Waals surface area contributed by atoms with Crippen molar-refractivity contribution in [3.63, 3.8) is 0 Å². The standard InChI is InChI=1S/C21H25NO5/c1-24-17-6-5-7-18(25-2)16(17)9-11-21(23)22-13-12-15-8-10-19(26-3)20(14-15)27-4/h5-11,14H,12-13H2,1-4H3,(H,22,23)/b11-9+. The van der Waals surface area contributed by atoms with E-state index in [-0.39, 0.29) is 5.91 Å². The molecule has 2 aromatic rings. The van der Waals surface area contributed by atoms with Crippen molar-refractivity contribution in [2.45, 2.75) is 6.42 Å². The molecule has 2 rings (SSSR count). The molecule has 0 atom stereocenters. The monoisotopic (exact) mass is 371 g/mol. The summed E-state index contributed by atoms with van der Waals surface area (Å²) >= 11 is 0. The molecule has 0 saturated heterocycles. The van der Waals surface area contributed by atoms with E-state index in [0.717, 1.165) is 11.1 Å². The van der Waals surface area contributed by atoms with Crippen LogP contribution in [0.3, 0.4) is 0 Å². The molecule has 0 spiro atoms. The Morgan fingerprint density at radius 1 is 0.889 bits per heavy atom. The molecule has 144 valence electrons. The van der Waals surface area contributed by atoms with Crippen molar-refractivity contribution in [3.05, 3.63) is 53.6 Å². The summed E-state index contributed by atoms with van der Waals surface area (Å²) in [5.41, 5.74) is 1.76. The summed E-state index contributed by atoms with van der Waals surface area (Å²) in [5.74, 6) is 2.44. The van der Waals surface area contributed by atoms with Crippen molar-refractivity contribution in [1.82, 2.24) is 5.32 Å². The van der Waals surface area contributed by atoms with Crippen LogP contribution in [0.1, 0.15) is 11.1 Å². The number of methoxy groups -OCH3 is 4. The van der Waals surface area contributed by atoms with Gasteiger partial charge >= 0.3 is 0 Å². The minimum atomic E-state index is -0.191. The van der Waals surface area contributed by atoms with Crippen LogP contribution in [0, 0.1) is 0 Å². The maximum Gasteiger partial charge on any atom is 0.244 e. The fourth-order valence-electron chi connectivity index (χ4n) is 2.63. The normalized spacial score (nSPS) is 10.5. The number of rotatable bonds is 9. The van der Waals surface area contributed by atoms with E-state index in [9.17, 15) is 4.79 Å². The van der Waals surface area contributed by atoms with Crippen molar-refractivity contribution in [3.8, 4) is 23.0 Å². The van der Waals surface area contributed by atoms with Crippen molar-refractivity contribution in [2.24, 2.45) is 0 Å². The average Bonchev–Trinajstić information content (AvgIpc) is 2.71. The van der Waals surface area contributed by atoms with Crippen LogP contribution in [0.2, 0.25) is 0 Å². The first-order valence-electron chi connectivity index (χ1n) is 8.50. The van der Waals surface area contributed by atoms with Crippen LogP contribution < -0.4 is 24.3 Å². The molecule has 0 saturated carbocycles. The van der Waals surface area contributed by atoms with Gasteiger partial charge in [0.2, 0.25) is 5.91 Å². The van der Waals surface area contributed by atoms with E-state index in [1.165, 1.54) is 6.08 Å². The summed E-state index contributed by atoms with van der Waals surface area (Å²) in [6.07, 6.45) is 3.83. The second-order valence-corrected chi connectivity index (χ2v) is 5.64. The van der Waals surface area contributed by atoms with Gasteiger partial charge in [-0.2, -0.15) is 0 Å². The Morgan fingerprint density at radius 3 is 2.11 bits per heavy atom. The summed E-state index contributed by atoms with van der Waals surface area (Å²) in [7, 11) is 6.35. The number of ether oxygens (including phenoxy) is 4. The van der Waals surface area contributed by atoms with E-state index >= 15 is 0 Å². The van der Waals surface area contributed by atoms with Crippen molar-refractivity contribution < 1.29 is 23.7 Å². The van der Waals surface area contributed by atoms with E-state index < -0.39 is 0 Å². The lowest BCUT2D eigenvalue weighted by molar-refractivity contribution is -0.116. The minimum absolute atomic E-state index is 0.191. The smallest absolute Gasteiger partial charge is 0.244 e. The predicted molar refractivity (Wildman–Crippen MR) is 105 cm³/mol. The molecule has 2 aromatic carbocycles. The van der Waals surface area contributed by atoms with Gasteiger partial charge < -0.3 is 24.3 Å². The van der Waals surface area contributed by atoms with Crippen LogP contribution in [-0.2, 0) is 11.2 Å². The first-order chi connectivity index (χ1) is 13.1. The fourth-order valence-corrected chi connectivity index (χ4v) is 2.63. The third kappa shape index (κ3) is 5.41. The highest BCUT2D eigenvalue weighted by Gasteiger charge is 2.08. The summed E-state index contributed by atoms with van der Waals surface area (Å²) in [4.78, 5) is 12.1. The zero-order valence-electron chi connectivity index (χ0n) is 16.1. The SMILES string of the molecule is COc1ccc(CCNC(=O)/C=C/c2c(OC)cccc2OC)cc1OC. The Balaban J connectivity index is 1.95. The summed E-state index contributed by atoms with van der Waals surface area (Å²) in [6.45, 7) is 0.502. The Labute approximate surface area is 159 Å². The van der Waals surface area contributed by atoms with Gasteiger partial charge in [-0.3, -0.25) is 4.79 Å². The molecule has 0 bridgehead atoms. The third-order valence-corrected chi connectivity index (χ3v) is 4.03. The quantitative estimate of drug-likeness (QED) is 0.686. The Morgan fingerprint density at radius 2 is 1.52 bits per heavy atom. The van der Waals surface area contributed by atoms with Crippen LogP contribution in [0.15, 0.2) is 42.5 Å². The van der Waals surface area contributed by atoms with Crippen LogP contribution in [0.4, 0.5) is 0 Å². The summed E-state index contributed by atoms with van der Waals surface area (Å²) < 4.78 is 21.1. The molecule has 0 radical (unpaired) electrons. The molecular weight excluding hydrogens is 346 g/mol. The second-order valence-electron chi connectivity index (χ2n) is 5.64. The maximum absolute atomic E-state index is 12.1. The number of carbonyl (C=O) groups is 1. The van der Waals surface area contributed by atoms with Crippen LogP contribution in [0.5, 0.6) is 23.0 Å². The Bertz CT molecular complexity index is 779. The highest BCUT2D eigenvalue weighted by Crippen LogP contribution is 2.29. The molecule has 0 heterocycles. The van der Waals surface area contributed by atoms with Gasteiger partial charge in [0.15, 0.2) is 11.5 Å². The molecule has 6 nitrogen and oxygen atoms in total. The number of hydrogen-bond acceptors (Lipinski definition) is 5. The third-order valence-electron chi connectivity index (χ3n) is 4.03. The van der Waals surface area contributed by atoms with Crippen LogP contribution in [-0.4, -0.2) is 40.9 Å². The van der Waals surface area contributed by atoms with Gasteiger partial charge in [0.1, 0.15) is 11.5 Å². The summed E-state index contributed by atoms with van der Waals surface area (Å²) in [6, 6.07) is 11.2. The lowest BCUT2D eigenvalue weighted by Crippen LogP contribution is -2.23. The zero-order chi connectivity index (χ0) is 19.6. The second kappa shape index (κ2) is 10.1. The van der Waals surface area contributed by atoms with Gasteiger partial charge in [-0.25, -0.2) is 0 Å². The molecule has 6 heteroatoms. The molecule has 0 aliphatic rings. The number of benzene rings is 2.